The van der Waals surface area contributed by atoms with Crippen LogP contribution >= 0.6 is 23.2 Å². The summed E-state index contributed by atoms with van der Waals surface area (Å²) in [6, 6.07) is 12.0. The zero-order chi connectivity index (χ0) is 16.2. The van der Waals surface area contributed by atoms with Gasteiger partial charge in [-0.15, -0.1) is 0 Å². The second-order valence-corrected chi connectivity index (χ2v) is 6.41. The summed E-state index contributed by atoms with van der Waals surface area (Å²) >= 11 is 12.4. The van der Waals surface area contributed by atoms with E-state index < -0.39 is 0 Å². The zero-order valence-corrected chi connectivity index (χ0v) is 14.5. The van der Waals surface area contributed by atoms with Crippen LogP contribution in [0.4, 0.5) is 0 Å². The molecule has 0 amide bonds. The second kappa shape index (κ2) is 7.43. The molecule has 3 rings (SSSR count). The Kier molecular flexibility index (Phi) is 5.31. The fourth-order valence-corrected chi connectivity index (χ4v) is 2.89. The van der Waals surface area contributed by atoms with Gasteiger partial charge in [-0.3, -0.25) is 0 Å². The Morgan fingerprint density at radius 2 is 1.78 bits per heavy atom. The van der Waals surface area contributed by atoms with Gasteiger partial charge in [0, 0.05) is 33.8 Å². The minimum Gasteiger partial charge on any atom is -0.493 e. The lowest BCUT2D eigenvalue weighted by Gasteiger charge is -2.16. The maximum atomic E-state index is 6.21. The second-order valence-electron chi connectivity index (χ2n) is 5.59. The van der Waals surface area contributed by atoms with Crippen LogP contribution in [0.2, 0.25) is 10.0 Å². The first kappa shape index (κ1) is 16.4. The predicted molar refractivity (Wildman–Crippen MR) is 93.6 cm³/mol. The van der Waals surface area contributed by atoms with Crippen molar-refractivity contribution in [3.05, 3.63) is 57.6 Å². The number of benzene rings is 2. The van der Waals surface area contributed by atoms with Crippen molar-refractivity contribution in [2.75, 3.05) is 7.11 Å². The van der Waals surface area contributed by atoms with E-state index in [1.54, 1.807) is 7.11 Å². The van der Waals surface area contributed by atoms with Crippen molar-refractivity contribution < 1.29 is 9.47 Å². The van der Waals surface area contributed by atoms with E-state index in [2.05, 4.69) is 5.32 Å². The Bertz CT molecular complexity index is 666. The first-order valence-electron chi connectivity index (χ1n) is 7.64. The Morgan fingerprint density at radius 1 is 1.09 bits per heavy atom. The van der Waals surface area contributed by atoms with Gasteiger partial charge in [-0.2, -0.15) is 0 Å². The Labute approximate surface area is 146 Å². The summed E-state index contributed by atoms with van der Waals surface area (Å²) in [6.45, 7) is 1.06. The molecule has 23 heavy (non-hydrogen) atoms. The number of hydrogen-bond acceptors (Lipinski definition) is 3. The Morgan fingerprint density at radius 3 is 2.43 bits per heavy atom. The fraction of sp³-hybridized carbons (Fsp3) is 0.333. The van der Waals surface area contributed by atoms with Crippen LogP contribution in [0, 0.1) is 0 Å². The quantitative estimate of drug-likeness (QED) is 0.774. The maximum absolute atomic E-state index is 6.21. The van der Waals surface area contributed by atoms with E-state index in [0.717, 1.165) is 23.4 Å². The minimum atomic E-state index is 0.301. The van der Waals surface area contributed by atoms with E-state index >= 15 is 0 Å². The van der Waals surface area contributed by atoms with Gasteiger partial charge >= 0.3 is 0 Å². The molecule has 0 aliphatic heterocycles. The van der Waals surface area contributed by atoms with E-state index in [-0.39, 0.29) is 0 Å². The Hall–Kier alpha value is -1.42. The molecule has 1 N–H and O–H groups in total. The summed E-state index contributed by atoms with van der Waals surface area (Å²) in [6.07, 6.45) is 2.49. The van der Waals surface area contributed by atoms with Crippen LogP contribution in [0.5, 0.6) is 11.5 Å². The van der Waals surface area contributed by atoms with E-state index in [1.807, 2.05) is 36.4 Å². The molecule has 0 spiro atoms. The average Bonchev–Trinajstić information content (AvgIpc) is 3.37. The number of nitrogens with one attached hydrogen (secondary N) is 1. The molecule has 1 aliphatic carbocycles. The lowest BCUT2D eigenvalue weighted by molar-refractivity contribution is 0.281. The van der Waals surface area contributed by atoms with Gasteiger partial charge in [-0.25, -0.2) is 0 Å². The van der Waals surface area contributed by atoms with Crippen molar-refractivity contribution in [3.63, 3.8) is 0 Å². The summed E-state index contributed by atoms with van der Waals surface area (Å²) in [5.74, 6) is 1.45. The summed E-state index contributed by atoms with van der Waals surface area (Å²) in [5, 5.41) is 4.70. The molecule has 1 saturated carbocycles. The third-order valence-corrected chi connectivity index (χ3v) is 4.57. The highest BCUT2D eigenvalue weighted by atomic mass is 35.5. The van der Waals surface area contributed by atoms with E-state index in [9.17, 15) is 0 Å². The van der Waals surface area contributed by atoms with Crippen LogP contribution in [-0.2, 0) is 13.2 Å². The van der Waals surface area contributed by atoms with Gasteiger partial charge in [0.25, 0.3) is 0 Å². The van der Waals surface area contributed by atoms with Crippen molar-refractivity contribution >= 4 is 23.2 Å². The predicted octanol–water partition coefficient (Wildman–Crippen LogP) is 4.83. The normalized spacial score (nSPS) is 13.9. The van der Waals surface area contributed by atoms with Crippen molar-refractivity contribution in [1.82, 2.24) is 5.32 Å². The van der Waals surface area contributed by atoms with Crippen LogP contribution in [0.3, 0.4) is 0 Å². The molecule has 0 saturated heterocycles. The van der Waals surface area contributed by atoms with Crippen molar-refractivity contribution in [1.29, 1.82) is 0 Å². The lowest BCUT2D eigenvalue weighted by atomic mass is 10.1. The van der Waals surface area contributed by atoms with Crippen LogP contribution in [0.1, 0.15) is 24.0 Å². The van der Waals surface area contributed by atoms with Gasteiger partial charge < -0.3 is 14.8 Å². The summed E-state index contributed by atoms with van der Waals surface area (Å²) in [4.78, 5) is 0. The summed E-state index contributed by atoms with van der Waals surface area (Å²) in [5.41, 5.74) is 1.85. The molecule has 0 bridgehead atoms. The molecule has 0 heterocycles. The highest BCUT2D eigenvalue weighted by Gasteiger charge is 2.21. The van der Waals surface area contributed by atoms with Gasteiger partial charge in [0.05, 0.1) is 7.11 Å². The molecule has 0 radical (unpaired) electrons. The number of methoxy groups -OCH3 is 1. The van der Waals surface area contributed by atoms with E-state index in [4.69, 9.17) is 32.7 Å². The molecule has 3 nitrogen and oxygen atoms in total. The first-order chi connectivity index (χ1) is 11.2. The van der Waals surface area contributed by atoms with Crippen molar-refractivity contribution in [3.8, 4) is 11.5 Å². The van der Waals surface area contributed by atoms with Gasteiger partial charge in [-0.1, -0.05) is 41.4 Å². The largest absolute Gasteiger partial charge is 0.493 e. The minimum absolute atomic E-state index is 0.301. The molecule has 2 aromatic carbocycles. The van der Waals surface area contributed by atoms with Gasteiger partial charge in [0.2, 0.25) is 0 Å². The number of ether oxygens (including phenoxy) is 2. The third kappa shape index (κ3) is 4.11. The molecule has 0 unspecified atom stereocenters. The fourth-order valence-electron chi connectivity index (χ4n) is 2.38. The standard InChI is InChI=1S/C18H19Cl2NO2/c1-22-17-7-2-4-12(10-21-13-8-9-13)18(17)23-11-14-15(19)5-3-6-16(14)20/h2-7,13,21H,8-11H2,1H3. The number of para-hydroxylation sites is 1. The van der Waals surface area contributed by atoms with Crippen LogP contribution < -0.4 is 14.8 Å². The summed E-state index contributed by atoms with van der Waals surface area (Å²) in [7, 11) is 1.64. The van der Waals surface area contributed by atoms with Crippen molar-refractivity contribution in [2.24, 2.45) is 0 Å². The molecule has 1 aliphatic rings. The number of hydrogen-bond donors (Lipinski definition) is 1. The molecule has 122 valence electrons. The molecule has 0 atom stereocenters. The monoisotopic (exact) mass is 351 g/mol. The molecule has 0 aromatic heterocycles. The van der Waals surface area contributed by atoms with E-state index in [0.29, 0.717) is 28.4 Å². The maximum Gasteiger partial charge on any atom is 0.166 e. The topological polar surface area (TPSA) is 30.5 Å². The molecular formula is C18H19Cl2NO2. The van der Waals surface area contributed by atoms with Crippen LogP contribution in [0.25, 0.3) is 0 Å². The molecule has 5 heteroatoms. The van der Waals surface area contributed by atoms with Crippen LogP contribution in [-0.4, -0.2) is 13.2 Å². The van der Waals surface area contributed by atoms with Gasteiger partial charge in [0.15, 0.2) is 11.5 Å². The highest BCUT2D eigenvalue weighted by molar-refractivity contribution is 6.35. The molecular weight excluding hydrogens is 333 g/mol. The van der Waals surface area contributed by atoms with Crippen molar-refractivity contribution in [2.45, 2.75) is 32.0 Å². The Balaban J connectivity index is 1.79. The zero-order valence-electron chi connectivity index (χ0n) is 12.9. The number of rotatable bonds is 7. The number of halogens is 2. The van der Waals surface area contributed by atoms with E-state index in [1.165, 1.54) is 12.8 Å². The smallest absolute Gasteiger partial charge is 0.166 e. The third-order valence-electron chi connectivity index (χ3n) is 3.86. The van der Waals surface area contributed by atoms with Crippen LogP contribution in [0.15, 0.2) is 36.4 Å². The highest BCUT2D eigenvalue weighted by Crippen LogP contribution is 2.34. The van der Waals surface area contributed by atoms with Gasteiger partial charge in [0.1, 0.15) is 6.61 Å². The SMILES string of the molecule is COc1cccc(CNC2CC2)c1OCc1c(Cl)cccc1Cl. The first-order valence-corrected chi connectivity index (χ1v) is 8.39. The van der Waals surface area contributed by atoms with Gasteiger partial charge in [-0.05, 0) is 31.0 Å². The molecule has 2 aromatic rings. The summed E-state index contributed by atoms with van der Waals surface area (Å²) < 4.78 is 11.5. The average molecular weight is 352 g/mol. The lowest BCUT2D eigenvalue weighted by Crippen LogP contribution is -2.16. The molecule has 1 fully saturated rings.